The molecule has 0 aliphatic rings. The minimum absolute atomic E-state index is 0.0989. The Morgan fingerprint density at radius 2 is 1.40 bits per heavy atom. The summed E-state index contributed by atoms with van der Waals surface area (Å²) in [4.78, 5) is 13.8. The van der Waals surface area contributed by atoms with Crippen molar-refractivity contribution in [1.82, 2.24) is 15.0 Å². The summed E-state index contributed by atoms with van der Waals surface area (Å²) in [6, 6.07) is 21.7. The molecule has 206 valence electrons. The normalized spacial score (nSPS) is 12.1. The Hall–Kier alpha value is -4.39. The minimum Gasteiger partial charge on any atom is -0.507 e. The minimum atomic E-state index is -0.189. The first kappa shape index (κ1) is 27.2. The van der Waals surface area contributed by atoms with Crippen LogP contribution in [-0.2, 0) is 0 Å². The Morgan fingerprint density at radius 1 is 0.725 bits per heavy atom. The van der Waals surface area contributed by atoms with Crippen LogP contribution < -0.4 is 9.47 Å². The number of aromatic nitrogens is 3. The molecule has 40 heavy (non-hydrogen) atoms. The number of hydrogen-bond donors (Lipinski definition) is 2. The second-order valence-electron chi connectivity index (χ2n) is 10.0. The molecule has 1 heterocycles. The van der Waals surface area contributed by atoms with Gasteiger partial charge in [0.05, 0.1) is 13.2 Å². The van der Waals surface area contributed by atoms with Crippen molar-refractivity contribution in [2.45, 2.75) is 46.5 Å². The molecule has 7 nitrogen and oxygen atoms in total. The molecule has 4 aromatic carbocycles. The van der Waals surface area contributed by atoms with Gasteiger partial charge in [-0.3, -0.25) is 0 Å². The van der Waals surface area contributed by atoms with Crippen molar-refractivity contribution < 1.29 is 19.7 Å². The number of phenolic OH excluding ortho intramolecular Hbond substituents is 2. The highest BCUT2D eigenvalue weighted by Crippen LogP contribution is 2.40. The van der Waals surface area contributed by atoms with Crippen LogP contribution in [0.25, 0.3) is 44.3 Å². The maximum atomic E-state index is 10.8. The molecule has 7 heteroatoms. The Kier molecular flexibility index (Phi) is 8.29. The third kappa shape index (κ3) is 5.93. The zero-order valence-corrected chi connectivity index (χ0v) is 23.2. The summed E-state index contributed by atoms with van der Waals surface area (Å²) in [7, 11) is 0. The van der Waals surface area contributed by atoms with Crippen molar-refractivity contribution in [3.63, 3.8) is 0 Å². The van der Waals surface area contributed by atoms with E-state index in [2.05, 4.69) is 53.1 Å². The van der Waals surface area contributed by atoms with E-state index in [0.29, 0.717) is 30.7 Å². The van der Waals surface area contributed by atoms with Crippen LogP contribution in [0.5, 0.6) is 23.3 Å². The first-order valence-electron chi connectivity index (χ1n) is 14.0. The molecule has 2 N–H and O–H groups in total. The third-order valence-electron chi connectivity index (χ3n) is 7.17. The van der Waals surface area contributed by atoms with E-state index in [9.17, 15) is 10.2 Å². The molecule has 0 bridgehead atoms. The van der Waals surface area contributed by atoms with Crippen LogP contribution in [0.4, 0.5) is 0 Å². The summed E-state index contributed by atoms with van der Waals surface area (Å²) in [5.74, 6) is 0.875. The highest BCUT2D eigenvalue weighted by Gasteiger charge is 2.20. The van der Waals surface area contributed by atoms with Gasteiger partial charge in [-0.2, -0.15) is 9.97 Å². The number of benzene rings is 4. The third-order valence-corrected chi connectivity index (χ3v) is 7.17. The lowest BCUT2D eigenvalue weighted by Crippen LogP contribution is -2.13. The van der Waals surface area contributed by atoms with E-state index in [1.807, 2.05) is 37.3 Å². The van der Waals surface area contributed by atoms with Crippen molar-refractivity contribution in [1.29, 1.82) is 0 Å². The maximum Gasteiger partial charge on any atom is 0.320 e. The van der Waals surface area contributed by atoms with Gasteiger partial charge in [-0.1, -0.05) is 69.5 Å². The first-order chi connectivity index (χ1) is 19.5. The number of rotatable bonds is 11. The molecule has 0 amide bonds. The van der Waals surface area contributed by atoms with Crippen molar-refractivity contribution in [2.24, 2.45) is 5.92 Å². The van der Waals surface area contributed by atoms with E-state index in [4.69, 9.17) is 9.47 Å². The van der Waals surface area contributed by atoms with Crippen LogP contribution in [0.1, 0.15) is 46.5 Å². The lowest BCUT2D eigenvalue weighted by atomic mass is 10.0. The molecule has 0 saturated heterocycles. The second-order valence-corrected chi connectivity index (χ2v) is 10.0. The van der Waals surface area contributed by atoms with Crippen LogP contribution >= 0.6 is 0 Å². The highest BCUT2D eigenvalue weighted by atomic mass is 16.5. The smallest absolute Gasteiger partial charge is 0.320 e. The molecule has 1 aromatic heterocycles. The Morgan fingerprint density at radius 3 is 2.08 bits per heavy atom. The van der Waals surface area contributed by atoms with E-state index in [1.54, 1.807) is 0 Å². The van der Waals surface area contributed by atoms with Gasteiger partial charge in [0.15, 0.2) is 11.6 Å². The maximum absolute atomic E-state index is 10.8. The summed E-state index contributed by atoms with van der Waals surface area (Å²) < 4.78 is 11.6. The molecule has 5 rings (SSSR count). The molecular formula is C33H35N3O4. The molecule has 1 atom stereocenters. The van der Waals surface area contributed by atoms with Gasteiger partial charge in [0.1, 0.15) is 22.8 Å². The topological polar surface area (TPSA) is 97.6 Å². The molecule has 0 radical (unpaired) electrons. The van der Waals surface area contributed by atoms with E-state index in [0.717, 1.165) is 47.4 Å². The van der Waals surface area contributed by atoms with Crippen molar-refractivity contribution in [3.05, 3.63) is 66.7 Å². The summed E-state index contributed by atoms with van der Waals surface area (Å²) >= 11 is 0. The lowest BCUT2D eigenvalue weighted by molar-refractivity contribution is 0.217. The number of ether oxygens (including phenoxy) is 2. The largest absolute Gasteiger partial charge is 0.507 e. The number of aromatic hydroxyl groups is 2. The molecular weight excluding hydrogens is 502 g/mol. The molecule has 0 aliphatic heterocycles. The van der Waals surface area contributed by atoms with Gasteiger partial charge in [0, 0.05) is 17.7 Å². The van der Waals surface area contributed by atoms with Crippen LogP contribution in [0.3, 0.4) is 0 Å². The number of fused-ring (bicyclic) bond motifs is 2. The summed E-state index contributed by atoms with van der Waals surface area (Å²) in [6.45, 7) is 7.05. The van der Waals surface area contributed by atoms with Crippen molar-refractivity contribution >= 4 is 21.5 Å². The fourth-order valence-electron chi connectivity index (χ4n) is 4.90. The molecule has 0 saturated carbocycles. The number of unbranched alkanes of at least 4 members (excludes halogenated alkanes) is 1. The van der Waals surface area contributed by atoms with Gasteiger partial charge in [0.2, 0.25) is 0 Å². The van der Waals surface area contributed by atoms with Crippen LogP contribution in [0.15, 0.2) is 66.7 Å². The van der Waals surface area contributed by atoms with Crippen LogP contribution in [-0.4, -0.2) is 38.4 Å². The van der Waals surface area contributed by atoms with Crippen molar-refractivity contribution in [3.8, 4) is 46.0 Å². The Labute approximate surface area is 234 Å². The summed E-state index contributed by atoms with van der Waals surface area (Å²) in [5, 5.41) is 26.1. The lowest BCUT2D eigenvalue weighted by Gasteiger charge is -2.16. The fraction of sp³-hybridized carbons (Fsp3) is 0.303. The molecule has 0 spiro atoms. The Bertz CT molecular complexity index is 1610. The molecule has 0 aliphatic carbocycles. The second kappa shape index (κ2) is 12.2. The van der Waals surface area contributed by atoms with Gasteiger partial charge in [-0.15, -0.1) is 0 Å². The Balaban J connectivity index is 1.59. The zero-order chi connectivity index (χ0) is 28.1. The molecule has 5 aromatic rings. The monoisotopic (exact) mass is 537 g/mol. The SMILES string of the molecule is CCCCC(CC)COc1nc(-c2ccc3cc4ccccc4cc3c2)nc(-c2c(O)cc(OCC)cc2O)n1. The average molecular weight is 538 g/mol. The summed E-state index contributed by atoms with van der Waals surface area (Å²) in [6.07, 6.45) is 4.32. The standard InChI is InChI=1S/C33H35N3O4/c1-4-7-10-21(5-2)20-40-33-35-31(34-32(36-33)30-28(37)18-27(39-6-3)19-29(30)38)25-14-13-24-15-22-11-8-9-12-23(22)16-26(24)17-25/h8-9,11-19,21,37-38H,4-7,10,20H2,1-3H3. The average Bonchev–Trinajstić information content (AvgIpc) is 2.95. The van der Waals surface area contributed by atoms with E-state index >= 15 is 0 Å². The van der Waals surface area contributed by atoms with Gasteiger partial charge in [-0.05, 0) is 59.0 Å². The zero-order valence-electron chi connectivity index (χ0n) is 23.2. The van der Waals surface area contributed by atoms with E-state index < -0.39 is 0 Å². The van der Waals surface area contributed by atoms with Crippen LogP contribution in [0, 0.1) is 5.92 Å². The van der Waals surface area contributed by atoms with Gasteiger partial charge < -0.3 is 19.7 Å². The number of nitrogens with zero attached hydrogens (tertiary/aromatic N) is 3. The van der Waals surface area contributed by atoms with Crippen LogP contribution in [0.2, 0.25) is 0 Å². The first-order valence-corrected chi connectivity index (χ1v) is 14.0. The highest BCUT2D eigenvalue weighted by molar-refractivity contribution is 5.99. The van der Waals surface area contributed by atoms with Gasteiger partial charge in [-0.25, -0.2) is 4.98 Å². The summed E-state index contributed by atoms with van der Waals surface area (Å²) in [5.41, 5.74) is 0.876. The van der Waals surface area contributed by atoms with Crippen molar-refractivity contribution in [2.75, 3.05) is 13.2 Å². The molecule has 1 unspecified atom stereocenters. The number of phenols is 2. The van der Waals surface area contributed by atoms with E-state index in [1.165, 1.54) is 17.5 Å². The fourth-order valence-corrected chi connectivity index (χ4v) is 4.90. The van der Waals surface area contributed by atoms with Gasteiger partial charge in [0.25, 0.3) is 0 Å². The van der Waals surface area contributed by atoms with E-state index in [-0.39, 0.29) is 28.9 Å². The number of hydrogen-bond acceptors (Lipinski definition) is 7. The predicted octanol–water partition coefficient (Wildman–Crippen LogP) is 7.92. The predicted molar refractivity (Wildman–Crippen MR) is 159 cm³/mol. The molecule has 0 fully saturated rings. The quantitative estimate of drug-likeness (QED) is 0.165. The van der Waals surface area contributed by atoms with Gasteiger partial charge >= 0.3 is 6.01 Å².